The third-order valence-corrected chi connectivity index (χ3v) is 5.36. The van der Waals surface area contributed by atoms with E-state index in [0.29, 0.717) is 22.1 Å². The van der Waals surface area contributed by atoms with Crippen LogP contribution in [0.5, 0.6) is 0 Å². The average Bonchev–Trinajstić information content (AvgIpc) is 2.43. The van der Waals surface area contributed by atoms with Gasteiger partial charge in [-0.2, -0.15) is 0 Å². The highest BCUT2D eigenvalue weighted by atomic mass is 79.9. The summed E-state index contributed by atoms with van der Waals surface area (Å²) < 4.78 is 14.2. The van der Waals surface area contributed by atoms with Crippen LogP contribution in [0.25, 0.3) is 0 Å². The molecule has 2 N–H and O–H groups in total. The molecule has 0 saturated carbocycles. The Hall–Kier alpha value is -0.810. The van der Waals surface area contributed by atoms with Crippen molar-refractivity contribution in [1.82, 2.24) is 4.90 Å². The van der Waals surface area contributed by atoms with Gasteiger partial charge in [0, 0.05) is 25.2 Å². The van der Waals surface area contributed by atoms with Gasteiger partial charge in [0.15, 0.2) is 0 Å². The Labute approximate surface area is 128 Å². The average molecular weight is 342 g/mol. The summed E-state index contributed by atoms with van der Waals surface area (Å²) in [5.74, 6) is 0.436. The number of halogens is 2. The largest absolute Gasteiger partial charge is 0.397 e. The van der Waals surface area contributed by atoms with E-state index in [1.807, 2.05) is 0 Å². The lowest BCUT2D eigenvalue weighted by molar-refractivity contribution is 0.102. The minimum absolute atomic E-state index is 0.239. The van der Waals surface area contributed by atoms with Crippen LogP contribution in [-0.4, -0.2) is 37.6 Å². The fraction of sp³-hybridized carbons (Fsp3) is 0.600. The molecule has 2 atom stereocenters. The monoisotopic (exact) mass is 341 g/mol. The molecule has 2 fully saturated rings. The van der Waals surface area contributed by atoms with E-state index in [2.05, 4.69) is 32.8 Å². The Bertz CT molecular complexity index is 508. The van der Waals surface area contributed by atoms with Gasteiger partial charge < -0.3 is 15.5 Å². The van der Waals surface area contributed by atoms with Crippen LogP contribution in [0.4, 0.5) is 15.8 Å². The number of nitrogen functional groups attached to an aromatic ring is 1. The highest BCUT2D eigenvalue weighted by molar-refractivity contribution is 9.10. The standard InChI is InChI=1S/C15H21BrFN3/c1-19-5-2-3-10-9-20(6-4-14(10)19)15-8-12(17)11(16)7-13(15)18/h7-8,10,14H,2-6,9,18H2,1H3. The number of nitrogens with two attached hydrogens (primary N) is 1. The van der Waals surface area contributed by atoms with Crippen molar-refractivity contribution in [1.29, 1.82) is 0 Å². The van der Waals surface area contributed by atoms with E-state index >= 15 is 0 Å². The van der Waals surface area contributed by atoms with Gasteiger partial charge in [0.25, 0.3) is 0 Å². The molecule has 3 nitrogen and oxygen atoms in total. The summed E-state index contributed by atoms with van der Waals surface area (Å²) in [6.07, 6.45) is 3.67. The van der Waals surface area contributed by atoms with Crippen molar-refractivity contribution in [3.63, 3.8) is 0 Å². The number of piperidine rings is 2. The van der Waals surface area contributed by atoms with Crippen LogP contribution in [0.2, 0.25) is 0 Å². The molecule has 0 aliphatic carbocycles. The van der Waals surface area contributed by atoms with Gasteiger partial charge in [-0.25, -0.2) is 4.39 Å². The zero-order valence-electron chi connectivity index (χ0n) is 11.8. The normalized spacial score (nSPS) is 27.4. The Balaban J connectivity index is 1.81. The molecule has 20 heavy (non-hydrogen) atoms. The third-order valence-electron chi connectivity index (χ3n) is 4.76. The maximum Gasteiger partial charge on any atom is 0.139 e. The van der Waals surface area contributed by atoms with Crippen LogP contribution in [0.1, 0.15) is 19.3 Å². The van der Waals surface area contributed by atoms with Crippen molar-refractivity contribution in [3.05, 3.63) is 22.4 Å². The molecule has 2 aliphatic rings. The van der Waals surface area contributed by atoms with Gasteiger partial charge in [0.05, 0.1) is 15.8 Å². The van der Waals surface area contributed by atoms with Gasteiger partial charge in [0.2, 0.25) is 0 Å². The molecular weight excluding hydrogens is 321 g/mol. The maximum atomic E-state index is 13.8. The topological polar surface area (TPSA) is 32.5 Å². The van der Waals surface area contributed by atoms with Crippen molar-refractivity contribution in [2.45, 2.75) is 25.3 Å². The van der Waals surface area contributed by atoms with Crippen LogP contribution in [0.3, 0.4) is 0 Å². The first-order valence-electron chi connectivity index (χ1n) is 7.26. The van der Waals surface area contributed by atoms with E-state index in [4.69, 9.17) is 5.73 Å². The number of rotatable bonds is 1. The Kier molecular flexibility index (Phi) is 3.91. The smallest absolute Gasteiger partial charge is 0.139 e. The Morgan fingerprint density at radius 2 is 2.10 bits per heavy atom. The van der Waals surface area contributed by atoms with E-state index in [9.17, 15) is 4.39 Å². The van der Waals surface area contributed by atoms with E-state index < -0.39 is 0 Å². The van der Waals surface area contributed by atoms with Crippen LogP contribution in [-0.2, 0) is 0 Å². The predicted molar refractivity (Wildman–Crippen MR) is 84.5 cm³/mol. The molecule has 1 aromatic rings. The number of hydrogen-bond acceptors (Lipinski definition) is 3. The number of hydrogen-bond donors (Lipinski definition) is 1. The second kappa shape index (κ2) is 5.53. The van der Waals surface area contributed by atoms with Gasteiger partial charge in [0.1, 0.15) is 5.82 Å². The molecule has 0 amide bonds. The zero-order chi connectivity index (χ0) is 14.3. The summed E-state index contributed by atoms with van der Waals surface area (Å²) in [5, 5.41) is 0. The summed E-state index contributed by atoms with van der Waals surface area (Å²) in [4.78, 5) is 4.74. The molecule has 2 saturated heterocycles. The number of benzene rings is 1. The Morgan fingerprint density at radius 3 is 2.90 bits per heavy atom. The molecule has 2 unspecified atom stereocenters. The van der Waals surface area contributed by atoms with Gasteiger partial charge in [-0.1, -0.05) is 0 Å². The molecule has 3 rings (SSSR count). The summed E-state index contributed by atoms with van der Waals surface area (Å²) in [6.45, 7) is 3.15. The van der Waals surface area contributed by atoms with Crippen molar-refractivity contribution >= 4 is 27.3 Å². The molecule has 1 aromatic carbocycles. The first-order valence-corrected chi connectivity index (χ1v) is 8.05. The number of anilines is 2. The minimum atomic E-state index is -0.239. The van der Waals surface area contributed by atoms with Gasteiger partial charge >= 0.3 is 0 Å². The highest BCUT2D eigenvalue weighted by Gasteiger charge is 2.34. The molecule has 2 heterocycles. The lowest BCUT2D eigenvalue weighted by atomic mass is 9.84. The molecule has 0 spiro atoms. The van der Waals surface area contributed by atoms with E-state index in [0.717, 1.165) is 25.2 Å². The van der Waals surface area contributed by atoms with E-state index in [1.54, 1.807) is 12.1 Å². The molecule has 0 aromatic heterocycles. The van der Waals surface area contributed by atoms with Crippen LogP contribution >= 0.6 is 15.9 Å². The molecule has 2 aliphatic heterocycles. The number of fused-ring (bicyclic) bond motifs is 1. The SMILES string of the molecule is CN1CCCC2CN(c3cc(F)c(Br)cc3N)CCC21. The molecule has 110 valence electrons. The van der Waals surface area contributed by atoms with Crippen molar-refractivity contribution in [2.75, 3.05) is 37.3 Å². The minimum Gasteiger partial charge on any atom is -0.397 e. The summed E-state index contributed by atoms with van der Waals surface area (Å²) in [6, 6.07) is 3.91. The predicted octanol–water partition coefficient (Wildman–Crippen LogP) is 3.09. The van der Waals surface area contributed by atoms with Crippen molar-refractivity contribution < 1.29 is 4.39 Å². The zero-order valence-corrected chi connectivity index (χ0v) is 13.4. The molecule has 5 heteroatoms. The molecule has 0 bridgehead atoms. The lowest BCUT2D eigenvalue weighted by Gasteiger charge is -2.46. The van der Waals surface area contributed by atoms with Crippen molar-refractivity contribution in [2.24, 2.45) is 5.92 Å². The molecule has 0 radical (unpaired) electrons. The van der Waals surface area contributed by atoms with E-state index in [-0.39, 0.29) is 5.82 Å². The van der Waals surface area contributed by atoms with E-state index in [1.165, 1.54) is 19.4 Å². The maximum absolute atomic E-state index is 13.8. The van der Waals surface area contributed by atoms with Crippen molar-refractivity contribution in [3.8, 4) is 0 Å². The Morgan fingerprint density at radius 1 is 1.30 bits per heavy atom. The van der Waals surface area contributed by atoms with Crippen LogP contribution < -0.4 is 10.6 Å². The quantitative estimate of drug-likeness (QED) is 0.796. The summed E-state index contributed by atoms with van der Waals surface area (Å²) in [5.41, 5.74) is 7.57. The fourth-order valence-electron chi connectivity index (χ4n) is 3.70. The van der Waals surface area contributed by atoms with Gasteiger partial charge in [-0.05, 0) is 60.8 Å². The third kappa shape index (κ3) is 2.53. The second-order valence-corrected chi connectivity index (χ2v) is 6.86. The number of likely N-dealkylation sites (tertiary alicyclic amines) is 1. The summed E-state index contributed by atoms with van der Waals surface area (Å²) in [7, 11) is 2.22. The van der Waals surface area contributed by atoms with Crippen LogP contribution in [0.15, 0.2) is 16.6 Å². The fourth-order valence-corrected chi connectivity index (χ4v) is 4.06. The number of nitrogens with zero attached hydrogens (tertiary/aromatic N) is 2. The van der Waals surface area contributed by atoms with Crippen LogP contribution in [0, 0.1) is 11.7 Å². The molecular formula is C15H21BrFN3. The lowest BCUT2D eigenvalue weighted by Crippen LogP contribution is -2.52. The summed E-state index contributed by atoms with van der Waals surface area (Å²) >= 11 is 3.19. The van der Waals surface area contributed by atoms with Gasteiger partial charge in [-0.15, -0.1) is 0 Å². The first kappa shape index (κ1) is 14.1. The first-order chi connectivity index (χ1) is 9.56. The van der Waals surface area contributed by atoms with Gasteiger partial charge in [-0.3, -0.25) is 0 Å². The second-order valence-electron chi connectivity index (χ2n) is 6.01. The highest BCUT2D eigenvalue weighted by Crippen LogP contribution is 2.35.